The monoisotopic (exact) mass is 271 g/mol. The van der Waals surface area contributed by atoms with Crippen LogP contribution in [0.25, 0.3) is 10.9 Å². The number of nitrogens with one attached hydrogen (secondary N) is 1. The molecule has 2 heterocycles. The van der Waals surface area contributed by atoms with E-state index in [-0.39, 0.29) is 6.04 Å². The van der Waals surface area contributed by atoms with Crippen LogP contribution in [0.2, 0.25) is 0 Å². The molecule has 1 aliphatic rings. The minimum atomic E-state index is 0.241. The maximum absolute atomic E-state index is 5.77. The van der Waals surface area contributed by atoms with E-state index in [9.17, 15) is 0 Å². The molecule has 3 N–H and O–H groups in total. The van der Waals surface area contributed by atoms with Gasteiger partial charge in [0.1, 0.15) is 0 Å². The third kappa shape index (κ3) is 2.68. The van der Waals surface area contributed by atoms with Crippen LogP contribution in [0.3, 0.4) is 0 Å². The molecular formula is C16H21N3O. The van der Waals surface area contributed by atoms with Crippen molar-refractivity contribution in [3.63, 3.8) is 0 Å². The molecule has 1 aromatic heterocycles. The summed E-state index contributed by atoms with van der Waals surface area (Å²) >= 11 is 0. The van der Waals surface area contributed by atoms with Gasteiger partial charge in [0.25, 0.3) is 0 Å². The second-order valence-electron chi connectivity index (χ2n) is 5.60. The van der Waals surface area contributed by atoms with Crippen LogP contribution in [0, 0.1) is 5.92 Å². The van der Waals surface area contributed by atoms with Gasteiger partial charge in [0.2, 0.25) is 0 Å². The van der Waals surface area contributed by atoms with Gasteiger partial charge in [-0.3, -0.25) is 16.3 Å². The van der Waals surface area contributed by atoms with E-state index >= 15 is 0 Å². The lowest BCUT2D eigenvalue weighted by Gasteiger charge is -2.22. The van der Waals surface area contributed by atoms with E-state index in [1.54, 1.807) is 0 Å². The summed E-state index contributed by atoms with van der Waals surface area (Å²) in [5.74, 6) is 6.24. The topological polar surface area (TPSA) is 60.2 Å². The van der Waals surface area contributed by atoms with E-state index in [4.69, 9.17) is 10.6 Å². The van der Waals surface area contributed by atoms with E-state index < -0.39 is 0 Å². The Morgan fingerprint density at radius 1 is 1.40 bits per heavy atom. The van der Waals surface area contributed by atoms with Gasteiger partial charge in [0.05, 0.1) is 18.2 Å². The van der Waals surface area contributed by atoms with Gasteiger partial charge in [-0.25, -0.2) is 0 Å². The van der Waals surface area contributed by atoms with Gasteiger partial charge in [0, 0.05) is 23.5 Å². The zero-order valence-corrected chi connectivity index (χ0v) is 11.8. The minimum Gasteiger partial charge on any atom is -0.378 e. The first-order chi connectivity index (χ1) is 9.78. The Balaban J connectivity index is 1.84. The third-order valence-corrected chi connectivity index (χ3v) is 4.19. The Labute approximate surface area is 119 Å². The number of nitrogens with zero attached hydrogens (tertiary/aromatic N) is 1. The first-order valence-electron chi connectivity index (χ1n) is 7.18. The number of hydrogen-bond donors (Lipinski definition) is 2. The molecule has 1 fully saturated rings. The van der Waals surface area contributed by atoms with Crippen LogP contribution in [0.5, 0.6) is 0 Å². The zero-order valence-electron chi connectivity index (χ0n) is 11.8. The first kappa shape index (κ1) is 13.5. The van der Waals surface area contributed by atoms with E-state index in [1.165, 1.54) is 10.9 Å². The molecular weight excluding hydrogens is 250 g/mol. The van der Waals surface area contributed by atoms with Crippen molar-refractivity contribution in [3.8, 4) is 0 Å². The lowest BCUT2D eigenvalue weighted by atomic mass is 9.91. The molecule has 0 amide bonds. The minimum absolute atomic E-state index is 0.241. The van der Waals surface area contributed by atoms with Gasteiger partial charge in [-0.2, -0.15) is 0 Å². The molecule has 106 valence electrons. The van der Waals surface area contributed by atoms with Crippen LogP contribution in [-0.4, -0.2) is 23.7 Å². The standard InChI is InChI=1S/C16H21N3O/c1-11-8-13(10-20-11)16(19-17)9-12-6-7-18-15-5-3-2-4-14(12)15/h2-7,11,13,16,19H,8-10,17H2,1H3. The summed E-state index contributed by atoms with van der Waals surface area (Å²) in [6.07, 6.45) is 4.18. The van der Waals surface area contributed by atoms with E-state index in [2.05, 4.69) is 35.5 Å². The number of ether oxygens (including phenoxy) is 1. The summed E-state index contributed by atoms with van der Waals surface area (Å²) < 4.78 is 5.67. The molecule has 1 aromatic carbocycles. The van der Waals surface area contributed by atoms with Crippen molar-refractivity contribution in [2.45, 2.75) is 31.9 Å². The number of hydrazine groups is 1. The molecule has 3 unspecified atom stereocenters. The normalized spacial score (nSPS) is 24.1. The van der Waals surface area contributed by atoms with Crippen LogP contribution in [0.15, 0.2) is 36.5 Å². The van der Waals surface area contributed by atoms with Gasteiger partial charge >= 0.3 is 0 Å². The summed E-state index contributed by atoms with van der Waals surface area (Å²) in [7, 11) is 0. The summed E-state index contributed by atoms with van der Waals surface area (Å²) in [6.45, 7) is 2.91. The van der Waals surface area contributed by atoms with Crippen LogP contribution in [0.4, 0.5) is 0 Å². The van der Waals surface area contributed by atoms with Crippen molar-refractivity contribution >= 4 is 10.9 Å². The molecule has 4 heteroatoms. The molecule has 0 saturated carbocycles. The number of hydrogen-bond acceptors (Lipinski definition) is 4. The molecule has 2 aromatic rings. The highest BCUT2D eigenvalue weighted by molar-refractivity contribution is 5.81. The fraction of sp³-hybridized carbons (Fsp3) is 0.438. The number of rotatable bonds is 4. The Morgan fingerprint density at radius 2 is 2.25 bits per heavy atom. The van der Waals surface area contributed by atoms with Gasteiger partial charge in [-0.15, -0.1) is 0 Å². The summed E-state index contributed by atoms with van der Waals surface area (Å²) in [5, 5.41) is 1.21. The average molecular weight is 271 g/mol. The maximum atomic E-state index is 5.77. The SMILES string of the molecule is CC1CC(C(Cc2ccnc3ccccc23)NN)CO1. The number of fused-ring (bicyclic) bond motifs is 1. The largest absolute Gasteiger partial charge is 0.378 e. The first-order valence-corrected chi connectivity index (χ1v) is 7.18. The number of pyridine rings is 1. The molecule has 4 nitrogen and oxygen atoms in total. The van der Waals surface area contributed by atoms with Crippen molar-refractivity contribution in [1.29, 1.82) is 0 Å². The molecule has 3 atom stereocenters. The smallest absolute Gasteiger partial charge is 0.0704 e. The number of benzene rings is 1. The number of nitrogens with two attached hydrogens (primary N) is 1. The molecule has 3 rings (SSSR count). The highest BCUT2D eigenvalue weighted by Gasteiger charge is 2.29. The van der Waals surface area contributed by atoms with Crippen molar-refractivity contribution in [3.05, 3.63) is 42.1 Å². The predicted octanol–water partition coefficient (Wildman–Crippen LogP) is 2.03. The Kier molecular flexibility index (Phi) is 3.96. The summed E-state index contributed by atoms with van der Waals surface area (Å²) in [4.78, 5) is 4.41. The highest BCUT2D eigenvalue weighted by atomic mass is 16.5. The fourth-order valence-corrected chi connectivity index (χ4v) is 3.06. The highest BCUT2D eigenvalue weighted by Crippen LogP contribution is 2.26. The third-order valence-electron chi connectivity index (χ3n) is 4.19. The van der Waals surface area contributed by atoms with Gasteiger partial charge in [0.15, 0.2) is 0 Å². The molecule has 0 radical (unpaired) electrons. The van der Waals surface area contributed by atoms with Crippen LogP contribution < -0.4 is 11.3 Å². The van der Waals surface area contributed by atoms with Crippen molar-refractivity contribution in [2.24, 2.45) is 11.8 Å². The predicted molar refractivity (Wildman–Crippen MR) is 80.1 cm³/mol. The molecule has 1 aliphatic heterocycles. The van der Waals surface area contributed by atoms with Crippen molar-refractivity contribution in [1.82, 2.24) is 10.4 Å². The van der Waals surface area contributed by atoms with Crippen LogP contribution in [0.1, 0.15) is 18.9 Å². The van der Waals surface area contributed by atoms with Crippen LogP contribution >= 0.6 is 0 Å². The number of para-hydroxylation sites is 1. The van der Waals surface area contributed by atoms with Crippen molar-refractivity contribution in [2.75, 3.05) is 6.61 Å². The quantitative estimate of drug-likeness (QED) is 0.660. The Hall–Kier alpha value is -1.49. The zero-order chi connectivity index (χ0) is 13.9. The summed E-state index contributed by atoms with van der Waals surface area (Å²) in [6, 6.07) is 10.6. The van der Waals surface area contributed by atoms with E-state index in [0.717, 1.165) is 25.0 Å². The second-order valence-corrected chi connectivity index (χ2v) is 5.60. The Morgan fingerprint density at radius 3 is 3.00 bits per heavy atom. The molecule has 0 bridgehead atoms. The summed E-state index contributed by atoms with van der Waals surface area (Å²) in [5.41, 5.74) is 5.31. The Bertz CT molecular complexity index is 581. The van der Waals surface area contributed by atoms with Crippen LogP contribution in [-0.2, 0) is 11.2 Å². The van der Waals surface area contributed by atoms with Gasteiger partial charge < -0.3 is 4.74 Å². The number of aromatic nitrogens is 1. The maximum Gasteiger partial charge on any atom is 0.0704 e. The molecule has 1 saturated heterocycles. The molecule has 0 spiro atoms. The molecule has 0 aliphatic carbocycles. The van der Waals surface area contributed by atoms with Gasteiger partial charge in [-0.1, -0.05) is 18.2 Å². The average Bonchev–Trinajstić information content (AvgIpc) is 2.91. The van der Waals surface area contributed by atoms with E-state index in [0.29, 0.717) is 12.0 Å². The lowest BCUT2D eigenvalue weighted by molar-refractivity contribution is 0.117. The fourth-order valence-electron chi connectivity index (χ4n) is 3.06. The lowest BCUT2D eigenvalue weighted by Crippen LogP contribution is -2.42. The molecule has 20 heavy (non-hydrogen) atoms. The van der Waals surface area contributed by atoms with Gasteiger partial charge in [-0.05, 0) is 37.5 Å². The second kappa shape index (κ2) is 5.87. The van der Waals surface area contributed by atoms with E-state index in [1.807, 2.05) is 18.3 Å². The van der Waals surface area contributed by atoms with Crippen molar-refractivity contribution < 1.29 is 4.74 Å².